The van der Waals surface area contributed by atoms with Gasteiger partial charge in [-0.1, -0.05) is 54.1 Å². The molecule has 0 amide bonds. The van der Waals surface area contributed by atoms with E-state index in [2.05, 4.69) is 9.71 Å². The van der Waals surface area contributed by atoms with Crippen molar-refractivity contribution >= 4 is 27.2 Å². The summed E-state index contributed by atoms with van der Waals surface area (Å²) in [7, 11) is -2.43. The third-order valence-electron chi connectivity index (χ3n) is 4.89. The second-order valence-electron chi connectivity index (χ2n) is 7.02. The smallest absolute Gasteiger partial charge is 0.282 e. The third kappa shape index (κ3) is 4.13. The van der Waals surface area contributed by atoms with Gasteiger partial charge < -0.3 is 10.1 Å². The molecular weight excluding hydrogens is 412 g/mol. The Balaban J connectivity index is 1.82. The largest absolute Gasteiger partial charge is 0.495 e. The molecule has 6 nitrogen and oxygen atoms in total. The van der Waals surface area contributed by atoms with Gasteiger partial charge in [0.15, 0.2) is 0 Å². The first-order chi connectivity index (χ1) is 14.9. The predicted octanol–water partition coefficient (Wildman–Crippen LogP) is 4.37. The van der Waals surface area contributed by atoms with Crippen molar-refractivity contribution in [3.8, 4) is 5.75 Å². The van der Waals surface area contributed by atoms with Crippen molar-refractivity contribution in [3.05, 3.63) is 101 Å². The average molecular weight is 433 g/mol. The molecule has 156 valence electrons. The number of carbonyl (C=O) groups excluding carboxylic acids is 1. The number of aryl methyl sites for hydroxylation is 1. The van der Waals surface area contributed by atoms with Gasteiger partial charge in [-0.15, -0.1) is 0 Å². The maximum absolute atomic E-state index is 13.1. The lowest BCUT2D eigenvalue weighted by atomic mass is 9.92. The minimum Gasteiger partial charge on any atom is -0.495 e. The van der Waals surface area contributed by atoms with Crippen LogP contribution in [0.3, 0.4) is 0 Å². The molecule has 0 fully saturated rings. The Hall–Kier alpha value is -3.71. The molecule has 4 rings (SSSR count). The lowest BCUT2D eigenvalue weighted by Crippen LogP contribution is -2.22. The second kappa shape index (κ2) is 8.20. The Morgan fingerprint density at radius 1 is 0.871 bits per heavy atom. The zero-order chi connectivity index (χ0) is 22.0. The van der Waals surface area contributed by atoms with Crippen LogP contribution in [0.25, 0.3) is 0 Å². The number of carbonyl (C=O) groups is 1. The van der Waals surface area contributed by atoms with Crippen LogP contribution in [0.1, 0.15) is 21.5 Å². The fourth-order valence-electron chi connectivity index (χ4n) is 3.28. The molecular formula is C24H20N2O4S. The van der Waals surface area contributed by atoms with Crippen molar-refractivity contribution in [2.24, 2.45) is 4.40 Å². The second-order valence-corrected chi connectivity index (χ2v) is 8.63. The number of Topliss-reactive ketones (excluding diaryl/α,β-unsaturated/α-hetero) is 1. The number of fused-ring (bicyclic) bond motifs is 1. The molecule has 0 saturated heterocycles. The number of hydrogen-bond acceptors (Lipinski definition) is 5. The molecule has 1 aliphatic rings. The van der Waals surface area contributed by atoms with E-state index in [9.17, 15) is 13.2 Å². The lowest BCUT2D eigenvalue weighted by molar-refractivity contribution is 0.103. The monoisotopic (exact) mass is 432 g/mol. The molecule has 0 atom stereocenters. The number of para-hydroxylation sites is 2. The van der Waals surface area contributed by atoms with E-state index >= 15 is 0 Å². The van der Waals surface area contributed by atoms with Crippen LogP contribution >= 0.6 is 0 Å². The molecule has 1 N–H and O–H groups in total. The molecule has 0 saturated carbocycles. The number of ether oxygens (including phenoxy) is 1. The SMILES string of the molecule is COc1ccccc1NC1=C/C(=N/S(=O)(=O)c2ccc(C)cc2)c2ccccc2C1=O. The Kier molecular flexibility index (Phi) is 5.44. The van der Waals surface area contributed by atoms with Crippen LogP contribution < -0.4 is 10.1 Å². The highest BCUT2D eigenvalue weighted by Crippen LogP contribution is 2.29. The number of nitrogens with one attached hydrogen (secondary N) is 1. The fourth-order valence-corrected chi connectivity index (χ4v) is 4.28. The van der Waals surface area contributed by atoms with E-state index in [1.165, 1.54) is 25.3 Å². The Morgan fingerprint density at radius 3 is 2.23 bits per heavy atom. The molecule has 0 heterocycles. The first-order valence-corrected chi connectivity index (χ1v) is 11.0. The van der Waals surface area contributed by atoms with Crippen LogP contribution in [0, 0.1) is 6.92 Å². The summed E-state index contributed by atoms with van der Waals surface area (Å²) in [5.74, 6) is 0.300. The average Bonchev–Trinajstić information content (AvgIpc) is 2.77. The molecule has 0 bridgehead atoms. The van der Waals surface area contributed by atoms with E-state index in [0.29, 0.717) is 22.6 Å². The third-order valence-corrected chi connectivity index (χ3v) is 6.19. The number of allylic oxidation sites excluding steroid dienone is 2. The fraction of sp³-hybridized carbons (Fsp3) is 0.0833. The molecule has 3 aromatic carbocycles. The summed E-state index contributed by atoms with van der Waals surface area (Å²) in [4.78, 5) is 13.2. The molecule has 0 aliphatic heterocycles. The first-order valence-electron chi connectivity index (χ1n) is 9.56. The van der Waals surface area contributed by atoms with E-state index in [-0.39, 0.29) is 22.1 Å². The van der Waals surface area contributed by atoms with Gasteiger partial charge in [-0.2, -0.15) is 12.8 Å². The van der Waals surface area contributed by atoms with Crippen molar-refractivity contribution in [1.82, 2.24) is 0 Å². The summed E-state index contributed by atoms with van der Waals surface area (Å²) < 4.78 is 35.3. The minimum atomic E-state index is -3.97. The van der Waals surface area contributed by atoms with E-state index in [4.69, 9.17) is 4.74 Å². The van der Waals surface area contributed by atoms with E-state index < -0.39 is 10.0 Å². The number of anilines is 1. The van der Waals surface area contributed by atoms with Crippen molar-refractivity contribution in [2.45, 2.75) is 11.8 Å². The normalized spacial score (nSPS) is 14.7. The van der Waals surface area contributed by atoms with Crippen molar-refractivity contribution in [1.29, 1.82) is 0 Å². The van der Waals surface area contributed by atoms with Crippen LogP contribution in [0.4, 0.5) is 5.69 Å². The van der Waals surface area contributed by atoms with Gasteiger partial charge in [-0.25, -0.2) is 0 Å². The Bertz CT molecular complexity index is 1320. The van der Waals surface area contributed by atoms with Gasteiger partial charge in [-0.05, 0) is 37.3 Å². The maximum atomic E-state index is 13.1. The molecule has 31 heavy (non-hydrogen) atoms. The number of hydrogen-bond donors (Lipinski definition) is 1. The summed E-state index contributed by atoms with van der Waals surface area (Å²) in [6.07, 6.45) is 1.46. The number of methoxy groups -OCH3 is 1. The molecule has 7 heteroatoms. The highest BCUT2D eigenvalue weighted by Gasteiger charge is 2.26. The zero-order valence-corrected chi connectivity index (χ0v) is 17.8. The van der Waals surface area contributed by atoms with Gasteiger partial charge in [0, 0.05) is 11.1 Å². The van der Waals surface area contributed by atoms with Gasteiger partial charge in [-0.3, -0.25) is 4.79 Å². The van der Waals surface area contributed by atoms with Gasteiger partial charge in [0.2, 0.25) is 5.78 Å². The summed E-state index contributed by atoms with van der Waals surface area (Å²) in [6, 6.07) is 20.5. The molecule has 3 aromatic rings. The highest BCUT2D eigenvalue weighted by atomic mass is 32.2. The molecule has 1 aliphatic carbocycles. The topological polar surface area (TPSA) is 84.8 Å². The summed E-state index contributed by atoms with van der Waals surface area (Å²) in [5, 5.41) is 3.06. The lowest BCUT2D eigenvalue weighted by Gasteiger charge is -2.19. The van der Waals surface area contributed by atoms with Gasteiger partial charge in [0.25, 0.3) is 10.0 Å². The van der Waals surface area contributed by atoms with Crippen molar-refractivity contribution in [2.75, 3.05) is 12.4 Å². The van der Waals surface area contributed by atoms with Gasteiger partial charge in [0.1, 0.15) is 5.75 Å². The van der Waals surface area contributed by atoms with Gasteiger partial charge >= 0.3 is 0 Å². The number of sulfonamides is 1. The first kappa shape index (κ1) is 20.6. The molecule has 0 unspecified atom stereocenters. The number of rotatable bonds is 5. The van der Waals surface area contributed by atoms with Crippen LogP contribution in [0.15, 0.2) is 93.9 Å². The molecule has 0 aromatic heterocycles. The highest BCUT2D eigenvalue weighted by molar-refractivity contribution is 7.90. The number of nitrogens with zero attached hydrogens (tertiary/aromatic N) is 1. The van der Waals surface area contributed by atoms with Gasteiger partial charge in [0.05, 0.1) is 29.1 Å². The van der Waals surface area contributed by atoms with Crippen LogP contribution in [-0.2, 0) is 10.0 Å². The van der Waals surface area contributed by atoms with E-state index in [1.54, 1.807) is 48.5 Å². The standard InChI is InChI=1S/C24H20N2O4S/c1-16-11-13-17(14-12-16)31(28,29)26-21-15-22(24(27)19-8-4-3-7-18(19)21)25-20-9-5-6-10-23(20)30-2/h3-15,25H,1-2H3/b26-21-. The predicted molar refractivity (Wildman–Crippen MR) is 120 cm³/mol. The number of benzene rings is 3. The van der Waals surface area contributed by atoms with E-state index in [0.717, 1.165) is 5.56 Å². The van der Waals surface area contributed by atoms with Crippen LogP contribution in [-0.4, -0.2) is 27.0 Å². The van der Waals surface area contributed by atoms with Crippen LogP contribution in [0.2, 0.25) is 0 Å². The quantitative estimate of drug-likeness (QED) is 0.647. The maximum Gasteiger partial charge on any atom is 0.282 e. The van der Waals surface area contributed by atoms with Crippen molar-refractivity contribution < 1.29 is 17.9 Å². The summed E-state index contributed by atoms with van der Waals surface area (Å²) >= 11 is 0. The summed E-state index contributed by atoms with van der Waals surface area (Å²) in [5.41, 5.74) is 2.77. The summed E-state index contributed by atoms with van der Waals surface area (Å²) in [6.45, 7) is 1.88. The minimum absolute atomic E-state index is 0.0904. The van der Waals surface area contributed by atoms with E-state index in [1.807, 2.05) is 19.1 Å². The molecule has 0 spiro atoms. The number of ketones is 1. The van der Waals surface area contributed by atoms with Crippen molar-refractivity contribution in [3.63, 3.8) is 0 Å². The zero-order valence-electron chi connectivity index (χ0n) is 17.0. The Labute approximate surface area is 181 Å². The van der Waals surface area contributed by atoms with Crippen LogP contribution in [0.5, 0.6) is 5.75 Å². The Morgan fingerprint density at radius 2 is 1.52 bits per heavy atom. The molecule has 0 radical (unpaired) electrons.